The van der Waals surface area contributed by atoms with E-state index in [-0.39, 0.29) is 11.1 Å². The highest BCUT2D eigenvalue weighted by atomic mass is 15.2. The van der Waals surface area contributed by atoms with Gasteiger partial charge < -0.3 is 4.90 Å². The molecule has 0 fully saturated rings. The number of aliphatic imine (C=N–C) groups is 2. The maximum Gasteiger partial charge on any atom is 0.141 e. The maximum atomic E-state index is 4.60. The molecule has 0 aromatic heterocycles. The van der Waals surface area contributed by atoms with Crippen LogP contribution in [0, 0.1) is 0 Å². The highest BCUT2D eigenvalue weighted by molar-refractivity contribution is 6.29. The van der Waals surface area contributed by atoms with E-state index in [1.54, 1.807) is 0 Å². The van der Waals surface area contributed by atoms with Crippen molar-refractivity contribution >= 4 is 12.1 Å². The monoisotopic (exact) mass is 211 g/mol. The van der Waals surface area contributed by atoms with Crippen molar-refractivity contribution in [2.75, 3.05) is 14.1 Å². The lowest BCUT2D eigenvalue weighted by molar-refractivity contribution is 0.550. The van der Waals surface area contributed by atoms with Crippen LogP contribution in [0.2, 0.25) is 0 Å². The van der Waals surface area contributed by atoms with Crippen molar-refractivity contribution in [3.8, 4) is 0 Å². The van der Waals surface area contributed by atoms with Crippen LogP contribution >= 0.6 is 0 Å². The number of rotatable bonds is 1. The topological polar surface area (TPSA) is 28.0 Å². The molecule has 0 amide bonds. The van der Waals surface area contributed by atoms with Gasteiger partial charge in [-0.1, -0.05) is 0 Å². The third kappa shape index (κ3) is 8.16. The molecule has 15 heavy (non-hydrogen) atoms. The summed E-state index contributed by atoms with van der Waals surface area (Å²) in [5.41, 5.74) is -0.113. The van der Waals surface area contributed by atoms with Crippen LogP contribution in [0.15, 0.2) is 9.98 Å². The highest BCUT2D eigenvalue weighted by Crippen LogP contribution is 2.08. The molecule has 0 bridgehead atoms. The zero-order chi connectivity index (χ0) is 12.3. The molecular formula is C12H25N3. The zero-order valence-corrected chi connectivity index (χ0v) is 11.4. The van der Waals surface area contributed by atoms with E-state index in [1.807, 2.05) is 25.2 Å². The van der Waals surface area contributed by atoms with Gasteiger partial charge in [0.2, 0.25) is 0 Å². The van der Waals surface area contributed by atoms with Crippen molar-refractivity contribution in [1.82, 2.24) is 4.90 Å². The Bertz CT molecular complexity index is 249. The second kappa shape index (κ2) is 4.77. The van der Waals surface area contributed by atoms with Gasteiger partial charge in [0.1, 0.15) is 5.84 Å². The van der Waals surface area contributed by atoms with Gasteiger partial charge in [0.25, 0.3) is 0 Å². The van der Waals surface area contributed by atoms with E-state index in [0.29, 0.717) is 0 Å². The first kappa shape index (κ1) is 14.1. The van der Waals surface area contributed by atoms with Gasteiger partial charge in [0.15, 0.2) is 0 Å². The predicted molar refractivity (Wildman–Crippen MR) is 69.1 cm³/mol. The molecule has 0 aliphatic heterocycles. The Labute approximate surface area is 94.3 Å². The van der Waals surface area contributed by atoms with Crippen LogP contribution in [0.5, 0.6) is 0 Å². The largest absolute Gasteiger partial charge is 0.362 e. The zero-order valence-electron chi connectivity index (χ0n) is 11.4. The van der Waals surface area contributed by atoms with Crippen molar-refractivity contribution in [3.63, 3.8) is 0 Å². The Morgan fingerprint density at radius 1 is 0.933 bits per heavy atom. The Kier molecular flexibility index (Phi) is 4.50. The lowest BCUT2D eigenvalue weighted by atomic mass is 10.1. The van der Waals surface area contributed by atoms with Crippen molar-refractivity contribution < 1.29 is 0 Å². The molecule has 0 unspecified atom stereocenters. The molecule has 0 heterocycles. The van der Waals surface area contributed by atoms with Crippen LogP contribution in [-0.2, 0) is 0 Å². The van der Waals surface area contributed by atoms with Gasteiger partial charge in [0, 0.05) is 14.1 Å². The molecule has 0 aliphatic carbocycles. The molecule has 0 aromatic carbocycles. The fourth-order valence-corrected chi connectivity index (χ4v) is 0.839. The summed E-state index contributed by atoms with van der Waals surface area (Å²) in [4.78, 5) is 11.1. The molecule has 0 radical (unpaired) electrons. The molecule has 0 aromatic rings. The number of hydrogen-bond acceptors (Lipinski definition) is 2. The van der Waals surface area contributed by atoms with Gasteiger partial charge in [-0.2, -0.15) is 0 Å². The average molecular weight is 211 g/mol. The van der Waals surface area contributed by atoms with Crippen molar-refractivity contribution in [3.05, 3.63) is 0 Å². The van der Waals surface area contributed by atoms with Crippen LogP contribution in [0.3, 0.4) is 0 Å². The Hall–Kier alpha value is -0.860. The van der Waals surface area contributed by atoms with E-state index >= 15 is 0 Å². The quantitative estimate of drug-likeness (QED) is 0.484. The second-order valence-electron chi connectivity index (χ2n) is 5.96. The molecule has 3 heteroatoms. The number of nitrogens with zero attached hydrogens (tertiary/aromatic N) is 3. The SMILES string of the molecule is CN(C)C(C=NC(C)(C)C)=NC(C)(C)C. The Balaban J connectivity index is 4.87. The second-order valence-corrected chi connectivity index (χ2v) is 5.96. The van der Waals surface area contributed by atoms with E-state index in [9.17, 15) is 0 Å². The average Bonchev–Trinajstić information content (AvgIpc) is 1.93. The summed E-state index contributed by atoms with van der Waals surface area (Å²) in [6.45, 7) is 12.5. The normalized spacial score (nSPS) is 14.8. The molecule has 0 aliphatic rings. The molecule has 88 valence electrons. The summed E-state index contributed by atoms with van der Waals surface area (Å²) in [6.07, 6.45) is 1.85. The summed E-state index contributed by atoms with van der Waals surface area (Å²) < 4.78 is 0. The lowest BCUT2D eigenvalue weighted by Gasteiger charge is -2.20. The van der Waals surface area contributed by atoms with Crippen molar-refractivity contribution in [2.24, 2.45) is 9.98 Å². The molecule has 0 rings (SSSR count). The first-order valence-corrected chi connectivity index (χ1v) is 5.34. The van der Waals surface area contributed by atoms with Crippen LogP contribution in [-0.4, -0.2) is 42.1 Å². The van der Waals surface area contributed by atoms with Gasteiger partial charge in [-0.3, -0.25) is 9.98 Å². The van der Waals surface area contributed by atoms with Gasteiger partial charge in [-0.15, -0.1) is 0 Å². The minimum absolute atomic E-state index is 0.0470. The van der Waals surface area contributed by atoms with Crippen LogP contribution < -0.4 is 0 Å². The fourth-order valence-electron chi connectivity index (χ4n) is 0.839. The van der Waals surface area contributed by atoms with E-state index in [0.717, 1.165) is 5.84 Å². The molecule has 0 saturated carbocycles. The van der Waals surface area contributed by atoms with Crippen LogP contribution in [0.4, 0.5) is 0 Å². The predicted octanol–water partition coefficient (Wildman–Crippen LogP) is 2.61. The smallest absolute Gasteiger partial charge is 0.141 e. The summed E-state index contributed by atoms with van der Waals surface area (Å²) in [7, 11) is 3.97. The van der Waals surface area contributed by atoms with Crippen molar-refractivity contribution in [2.45, 2.75) is 52.6 Å². The number of amidine groups is 1. The third-order valence-corrected chi connectivity index (χ3v) is 1.48. The van der Waals surface area contributed by atoms with Crippen LogP contribution in [0.1, 0.15) is 41.5 Å². The molecule has 0 saturated heterocycles. The van der Waals surface area contributed by atoms with Crippen LogP contribution in [0.25, 0.3) is 0 Å². The highest BCUT2D eigenvalue weighted by Gasteiger charge is 2.11. The summed E-state index contributed by atoms with van der Waals surface area (Å²) in [6, 6.07) is 0. The van der Waals surface area contributed by atoms with Crippen molar-refractivity contribution in [1.29, 1.82) is 0 Å². The summed E-state index contributed by atoms with van der Waals surface area (Å²) in [5.74, 6) is 0.914. The minimum atomic E-state index is -0.0660. The standard InChI is InChI=1S/C12H25N3/c1-11(2,3)13-9-10(15(7)8)14-12(4,5)6/h9H,1-8H3. The van der Waals surface area contributed by atoms with E-state index in [2.05, 4.69) is 51.5 Å². The molecular weight excluding hydrogens is 186 g/mol. The molecule has 0 spiro atoms. The first-order valence-electron chi connectivity index (χ1n) is 5.34. The first-order chi connectivity index (χ1) is 6.51. The number of hydrogen-bond donors (Lipinski definition) is 0. The van der Waals surface area contributed by atoms with Gasteiger partial charge >= 0.3 is 0 Å². The van der Waals surface area contributed by atoms with Gasteiger partial charge in [0.05, 0.1) is 17.3 Å². The van der Waals surface area contributed by atoms with E-state index in [4.69, 9.17) is 0 Å². The lowest BCUT2D eigenvalue weighted by Crippen LogP contribution is -2.28. The van der Waals surface area contributed by atoms with Gasteiger partial charge in [-0.05, 0) is 41.5 Å². The molecule has 0 N–H and O–H groups in total. The summed E-state index contributed by atoms with van der Waals surface area (Å²) in [5, 5.41) is 0. The third-order valence-electron chi connectivity index (χ3n) is 1.48. The fraction of sp³-hybridized carbons (Fsp3) is 0.833. The molecule has 3 nitrogen and oxygen atoms in total. The Morgan fingerprint density at radius 2 is 1.40 bits per heavy atom. The summed E-state index contributed by atoms with van der Waals surface area (Å²) >= 11 is 0. The Morgan fingerprint density at radius 3 is 1.67 bits per heavy atom. The minimum Gasteiger partial charge on any atom is -0.362 e. The maximum absolute atomic E-state index is 4.60. The van der Waals surface area contributed by atoms with E-state index in [1.165, 1.54) is 0 Å². The van der Waals surface area contributed by atoms with E-state index < -0.39 is 0 Å². The molecule has 0 atom stereocenters. The van der Waals surface area contributed by atoms with Gasteiger partial charge in [-0.25, -0.2) is 0 Å².